The summed E-state index contributed by atoms with van der Waals surface area (Å²) in [4.78, 5) is 8.84. The third kappa shape index (κ3) is 6.29. The van der Waals surface area contributed by atoms with Crippen LogP contribution < -0.4 is 22.2 Å². The molecular formula is C29H34ClF3N8. The number of benzene rings is 1. The summed E-state index contributed by atoms with van der Waals surface area (Å²) in [6, 6.07) is 8.40. The molecule has 218 valence electrons. The SMILES string of the molecule is CCc1ncccc1C(Nc1cc(Cl)c2ncc(C#N)c(NCC(C)(C)C)c2c1)C(N)=CN(N)C1(C(F)(F)F)CC1. The second-order valence-electron chi connectivity index (χ2n) is 11.5. The molecule has 1 atom stereocenters. The van der Waals surface area contributed by atoms with Crippen LogP contribution in [-0.2, 0) is 6.42 Å². The molecule has 0 aliphatic heterocycles. The van der Waals surface area contributed by atoms with Crippen molar-refractivity contribution < 1.29 is 13.2 Å². The van der Waals surface area contributed by atoms with Crippen molar-refractivity contribution in [2.24, 2.45) is 17.0 Å². The number of rotatable bonds is 9. The van der Waals surface area contributed by atoms with E-state index in [1.807, 2.05) is 13.0 Å². The second kappa shape index (κ2) is 11.3. The largest absolute Gasteiger partial charge is 0.413 e. The molecule has 3 aromatic rings. The molecule has 1 unspecified atom stereocenters. The van der Waals surface area contributed by atoms with Crippen molar-refractivity contribution in [2.75, 3.05) is 17.2 Å². The molecular weight excluding hydrogens is 553 g/mol. The molecule has 0 amide bonds. The molecule has 0 saturated heterocycles. The summed E-state index contributed by atoms with van der Waals surface area (Å²) in [6.07, 6.45) is 0.101. The van der Waals surface area contributed by atoms with Crippen molar-refractivity contribution in [2.45, 2.75) is 64.7 Å². The molecule has 2 heterocycles. The number of nitrogens with one attached hydrogen (secondary N) is 2. The first kappa shape index (κ1) is 30.2. The number of hydrogen-bond donors (Lipinski definition) is 4. The number of nitriles is 1. The van der Waals surface area contributed by atoms with Crippen molar-refractivity contribution in [1.29, 1.82) is 5.26 Å². The molecule has 2 aromatic heterocycles. The van der Waals surface area contributed by atoms with E-state index in [2.05, 4.69) is 47.4 Å². The summed E-state index contributed by atoms with van der Waals surface area (Å²) < 4.78 is 41.2. The quantitative estimate of drug-likeness (QED) is 0.167. The van der Waals surface area contributed by atoms with Crippen LogP contribution in [0.2, 0.25) is 5.02 Å². The van der Waals surface area contributed by atoms with Crippen LogP contribution in [0.1, 0.15) is 63.4 Å². The number of nitrogens with zero attached hydrogens (tertiary/aromatic N) is 4. The zero-order valence-electron chi connectivity index (χ0n) is 23.4. The van der Waals surface area contributed by atoms with Gasteiger partial charge in [0.05, 0.1) is 33.5 Å². The van der Waals surface area contributed by atoms with Gasteiger partial charge in [0.1, 0.15) is 6.07 Å². The Labute approximate surface area is 242 Å². The summed E-state index contributed by atoms with van der Waals surface area (Å²) in [7, 11) is 0. The topological polar surface area (TPSA) is 129 Å². The molecule has 1 aliphatic carbocycles. The van der Waals surface area contributed by atoms with E-state index in [0.717, 1.165) is 11.9 Å². The van der Waals surface area contributed by atoms with Crippen molar-refractivity contribution >= 4 is 33.9 Å². The van der Waals surface area contributed by atoms with Crippen molar-refractivity contribution in [3.05, 3.63) is 70.4 Å². The van der Waals surface area contributed by atoms with Gasteiger partial charge in [0, 0.05) is 47.5 Å². The van der Waals surface area contributed by atoms with E-state index in [9.17, 15) is 18.4 Å². The smallest absolute Gasteiger partial charge is 0.399 e. The van der Waals surface area contributed by atoms with Gasteiger partial charge in [0.25, 0.3) is 0 Å². The van der Waals surface area contributed by atoms with Crippen LogP contribution in [0.3, 0.4) is 0 Å². The molecule has 1 saturated carbocycles. The highest BCUT2D eigenvalue weighted by atomic mass is 35.5. The summed E-state index contributed by atoms with van der Waals surface area (Å²) in [5.41, 5.74) is 7.70. The standard InChI is InChI=1S/C29H34ClF3N8/c1-5-23-19(7-6-10-37-23)26(22(35)15-41(36)28(8-9-28)29(31,32)33)40-18-11-20-24(39-16-27(2,3)4)17(13-34)14-38-25(20)21(30)12-18/h6-7,10-12,14-15,26,40H,5,8-9,16,35-36H2,1-4H3,(H,38,39). The predicted octanol–water partition coefficient (Wildman–Crippen LogP) is 6.40. The maximum atomic E-state index is 13.7. The number of aryl methyl sites for hydroxylation is 1. The fourth-order valence-electron chi connectivity index (χ4n) is 4.65. The highest BCUT2D eigenvalue weighted by Gasteiger charge is 2.66. The van der Waals surface area contributed by atoms with E-state index in [-0.39, 0.29) is 24.0 Å². The summed E-state index contributed by atoms with van der Waals surface area (Å²) >= 11 is 6.67. The minimum absolute atomic E-state index is 0.0666. The number of hydrazine groups is 1. The molecule has 41 heavy (non-hydrogen) atoms. The average Bonchev–Trinajstić information content (AvgIpc) is 3.72. The molecule has 12 heteroatoms. The monoisotopic (exact) mass is 586 g/mol. The maximum absolute atomic E-state index is 13.7. The highest BCUT2D eigenvalue weighted by Crippen LogP contribution is 2.52. The lowest BCUT2D eigenvalue weighted by Crippen LogP contribution is -2.49. The molecule has 0 spiro atoms. The number of halogens is 4. The van der Waals surface area contributed by atoms with Crippen LogP contribution in [0.4, 0.5) is 24.5 Å². The summed E-state index contributed by atoms with van der Waals surface area (Å²) in [5, 5.41) is 18.1. The maximum Gasteiger partial charge on any atom is 0.413 e. The molecule has 6 N–H and O–H groups in total. The first-order valence-electron chi connectivity index (χ1n) is 13.3. The number of alkyl halides is 3. The highest BCUT2D eigenvalue weighted by molar-refractivity contribution is 6.35. The number of pyridine rings is 2. The second-order valence-corrected chi connectivity index (χ2v) is 11.9. The van der Waals surface area contributed by atoms with Gasteiger partial charge in [-0.15, -0.1) is 0 Å². The summed E-state index contributed by atoms with van der Waals surface area (Å²) in [6.45, 7) is 8.71. The lowest BCUT2D eigenvalue weighted by atomic mass is 9.96. The summed E-state index contributed by atoms with van der Waals surface area (Å²) in [5.74, 6) is 5.94. The number of aromatic nitrogens is 2. The zero-order valence-corrected chi connectivity index (χ0v) is 24.2. The number of fused-ring (bicyclic) bond motifs is 1. The van der Waals surface area contributed by atoms with Crippen molar-refractivity contribution in [1.82, 2.24) is 15.0 Å². The van der Waals surface area contributed by atoms with Gasteiger partial charge >= 0.3 is 6.18 Å². The normalized spacial score (nSPS) is 15.8. The Hall–Kier alpha value is -3.75. The Morgan fingerprint density at radius 1 is 1.27 bits per heavy atom. The van der Waals surface area contributed by atoms with Gasteiger partial charge in [0.15, 0.2) is 5.54 Å². The fraction of sp³-hybridized carbons (Fsp3) is 0.414. The first-order chi connectivity index (χ1) is 19.2. The van der Waals surface area contributed by atoms with Crippen LogP contribution in [-0.4, -0.2) is 33.2 Å². The van der Waals surface area contributed by atoms with Crippen LogP contribution in [0, 0.1) is 16.7 Å². The van der Waals surface area contributed by atoms with Gasteiger partial charge in [-0.3, -0.25) is 9.97 Å². The molecule has 1 fully saturated rings. The minimum atomic E-state index is -4.50. The fourth-order valence-corrected chi connectivity index (χ4v) is 4.92. The average molecular weight is 587 g/mol. The van der Waals surface area contributed by atoms with Gasteiger partial charge in [0.2, 0.25) is 0 Å². The van der Waals surface area contributed by atoms with E-state index in [0.29, 0.717) is 56.4 Å². The lowest BCUT2D eigenvalue weighted by Gasteiger charge is -2.30. The molecule has 0 radical (unpaired) electrons. The van der Waals surface area contributed by atoms with Crippen LogP contribution >= 0.6 is 11.6 Å². The van der Waals surface area contributed by atoms with E-state index >= 15 is 0 Å². The molecule has 0 bridgehead atoms. The predicted molar refractivity (Wildman–Crippen MR) is 156 cm³/mol. The molecule has 1 aromatic carbocycles. The van der Waals surface area contributed by atoms with Gasteiger partial charge in [-0.1, -0.05) is 45.4 Å². The van der Waals surface area contributed by atoms with Gasteiger partial charge < -0.3 is 21.4 Å². The van der Waals surface area contributed by atoms with E-state index in [1.165, 1.54) is 6.20 Å². The van der Waals surface area contributed by atoms with Crippen LogP contribution in [0.15, 0.2) is 48.6 Å². The zero-order chi connectivity index (χ0) is 30.2. The van der Waals surface area contributed by atoms with Crippen LogP contribution in [0.5, 0.6) is 0 Å². The van der Waals surface area contributed by atoms with E-state index in [1.54, 1.807) is 24.4 Å². The lowest BCUT2D eigenvalue weighted by molar-refractivity contribution is -0.189. The molecule has 8 nitrogen and oxygen atoms in total. The third-order valence-electron chi connectivity index (χ3n) is 7.09. The first-order valence-corrected chi connectivity index (χ1v) is 13.6. The van der Waals surface area contributed by atoms with Crippen molar-refractivity contribution in [3.8, 4) is 6.07 Å². The van der Waals surface area contributed by atoms with Gasteiger partial charge in [-0.05, 0) is 42.9 Å². The Morgan fingerprint density at radius 3 is 2.56 bits per heavy atom. The van der Waals surface area contributed by atoms with Gasteiger partial charge in [-0.2, -0.15) is 18.4 Å². The van der Waals surface area contributed by atoms with E-state index < -0.39 is 17.8 Å². The van der Waals surface area contributed by atoms with E-state index in [4.69, 9.17) is 23.2 Å². The number of nitrogens with two attached hydrogens (primary N) is 2. The Morgan fingerprint density at radius 2 is 1.98 bits per heavy atom. The Bertz CT molecular complexity index is 1500. The Balaban J connectivity index is 1.81. The number of hydrogen-bond acceptors (Lipinski definition) is 8. The van der Waals surface area contributed by atoms with Crippen LogP contribution in [0.25, 0.3) is 10.9 Å². The number of anilines is 2. The van der Waals surface area contributed by atoms with Gasteiger partial charge in [-0.25, -0.2) is 5.84 Å². The minimum Gasteiger partial charge on any atom is -0.399 e. The molecule has 4 rings (SSSR count). The van der Waals surface area contributed by atoms with Crippen molar-refractivity contribution in [3.63, 3.8) is 0 Å². The third-order valence-corrected chi connectivity index (χ3v) is 7.38. The Kier molecular flexibility index (Phi) is 8.30. The molecule has 1 aliphatic rings.